The molecule has 0 fully saturated rings. The zero-order valence-electron chi connectivity index (χ0n) is 5.33. The quantitative estimate of drug-likeness (QED) is 0.504. The van der Waals surface area contributed by atoms with E-state index < -0.39 is 4.92 Å². The number of hydrogen-bond donors (Lipinski definition) is 1. The average molecular weight is 163 g/mol. The van der Waals surface area contributed by atoms with E-state index in [2.05, 4.69) is 4.98 Å². The van der Waals surface area contributed by atoms with Crippen LogP contribution in [0.4, 0.5) is 5.82 Å². The number of nitrogens with zero attached hydrogens (tertiary/aromatic N) is 1. The lowest BCUT2D eigenvalue weighted by molar-refractivity contribution is -0.389. The molecule has 1 aromatic rings. The van der Waals surface area contributed by atoms with Gasteiger partial charge in [-0.1, -0.05) is 0 Å². The van der Waals surface area contributed by atoms with Crippen molar-refractivity contribution in [3.63, 3.8) is 0 Å². The van der Waals surface area contributed by atoms with Gasteiger partial charge in [0.2, 0.25) is 0 Å². The maximum atomic E-state index is 10.1. The van der Waals surface area contributed by atoms with E-state index in [1.807, 2.05) is 0 Å². The molecule has 0 saturated carbocycles. The predicted octanol–water partition coefficient (Wildman–Crippen LogP) is 1.65. The zero-order chi connectivity index (χ0) is 6.85. The van der Waals surface area contributed by atoms with Gasteiger partial charge in [0.15, 0.2) is 0 Å². The zero-order valence-corrected chi connectivity index (χ0v) is 6.14. The standard InChI is InChI=1S/C5H6N2O2.ClH/c1-4-2-3-6-5(4)7(8)9;/h2-3,6H,1H3;1H. The van der Waals surface area contributed by atoms with Gasteiger partial charge in [0.1, 0.15) is 0 Å². The molecule has 56 valence electrons. The minimum absolute atomic E-state index is 0. The van der Waals surface area contributed by atoms with Crippen molar-refractivity contribution in [3.8, 4) is 0 Å². The van der Waals surface area contributed by atoms with Crippen LogP contribution in [-0.2, 0) is 0 Å². The summed E-state index contributed by atoms with van der Waals surface area (Å²) in [5.41, 5.74) is 0.667. The van der Waals surface area contributed by atoms with E-state index in [1.54, 1.807) is 19.2 Å². The average Bonchev–Trinajstić information content (AvgIpc) is 2.13. The summed E-state index contributed by atoms with van der Waals surface area (Å²) < 4.78 is 0. The molecule has 1 rings (SSSR count). The summed E-state index contributed by atoms with van der Waals surface area (Å²) in [5.74, 6) is 0.0787. The molecular formula is C5H7ClN2O2. The lowest BCUT2D eigenvalue weighted by Gasteiger charge is -1.88. The van der Waals surface area contributed by atoms with Crippen molar-refractivity contribution in [1.82, 2.24) is 4.98 Å². The molecular weight excluding hydrogens is 156 g/mol. The highest BCUT2D eigenvalue weighted by Gasteiger charge is 2.06. The molecule has 1 aromatic heterocycles. The highest BCUT2D eigenvalue weighted by atomic mass is 35.5. The number of aromatic amines is 1. The van der Waals surface area contributed by atoms with Crippen molar-refractivity contribution in [3.05, 3.63) is 27.9 Å². The molecule has 0 aliphatic heterocycles. The van der Waals surface area contributed by atoms with Crippen molar-refractivity contribution >= 4 is 18.2 Å². The van der Waals surface area contributed by atoms with E-state index in [0.717, 1.165) is 0 Å². The van der Waals surface area contributed by atoms with Crippen molar-refractivity contribution in [2.24, 2.45) is 0 Å². The van der Waals surface area contributed by atoms with Gasteiger partial charge in [0.05, 0.1) is 6.20 Å². The van der Waals surface area contributed by atoms with Crippen LogP contribution in [0, 0.1) is 17.0 Å². The van der Waals surface area contributed by atoms with Crippen LogP contribution in [0.1, 0.15) is 5.56 Å². The van der Waals surface area contributed by atoms with Crippen LogP contribution in [0.3, 0.4) is 0 Å². The monoisotopic (exact) mass is 162 g/mol. The second-order valence-electron chi connectivity index (χ2n) is 1.77. The number of H-pyrrole nitrogens is 1. The van der Waals surface area contributed by atoms with E-state index in [0.29, 0.717) is 5.56 Å². The SMILES string of the molecule is Cc1cc[nH]c1[N+](=O)[O-].Cl. The Hall–Kier alpha value is -1.03. The summed E-state index contributed by atoms with van der Waals surface area (Å²) in [4.78, 5) is 12.1. The smallest absolute Gasteiger partial charge is 0.323 e. The Morgan fingerprint density at radius 3 is 2.50 bits per heavy atom. The van der Waals surface area contributed by atoms with Gasteiger partial charge in [-0.05, 0) is 17.9 Å². The molecule has 1 heterocycles. The summed E-state index contributed by atoms with van der Waals surface area (Å²) in [6, 6.07) is 1.66. The van der Waals surface area contributed by atoms with Gasteiger partial charge in [-0.25, -0.2) is 4.98 Å². The number of rotatable bonds is 1. The Labute approximate surface area is 63.8 Å². The number of halogens is 1. The molecule has 0 spiro atoms. The van der Waals surface area contributed by atoms with E-state index in [9.17, 15) is 10.1 Å². The minimum Gasteiger partial charge on any atom is -0.358 e. The first kappa shape index (κ1) is 8.97. The van der Waals surface area contributed by atoms with E-state index in [1.165, 1.54) is 0 Å². The molecule has 10 heavy (non-hydrogen) atoms. The Morgan fingerprint density at radius 1 is 1.70 bits per heavy atom. The molecule has 0 aromatic carbocycles. The minimum atomic E-state index is -0.435. The Morgan fingerprint density at radius 2 is 2.30 bits per heavy atom. The van der Waals surface area contributed by atoms with Crippen LogP contribution in [0.2, 0.25) is 0 Å². The molecule has 0 aliphatic rings. The van der Waals surface area contributed by atoms with E-state index in [-0.39, 0.29) is 18.2 Å². The lowest BCUT2D eigenvalue weighted by atomic mass is 10.4. The van der Waals surface area contributed by atoms with Crippen molar-refractivity contribution in [2.75, 3.05) is 0 Å². The first-order valence-electron chi connectivity index (χ1n) is 2.50. The predicted molar refractivity (Wildman–Crippen MR) is 39.4 cm³/mol. The molecule has 0 bridgehead atoms. The number of nitro groups is 1. The van der Waals surface area contributed by atoms with Crippen LogP contribution in [0.5, 0.6) is 0 Å². The third-order valence-electron chi connectivity index (χ3n) is 1.11. The summed E-state index contributed by atoms with van der Waals surface area (Å²) in [6.45, 7) is 1.69. The fourth-order valence-electron chi connectivity index (χ4n) is 0.635. The number of aromatic nitrogens is 1. The molecule has 0 unspecified atom stereocenters. The van der Waals surface area contributed by atoms with Crippen LogP contribution in [0.25, 0.3) is 0 Å². The maximum Gasteiger partial charge on any atom is 0.323 e. The van der Waals surface area contributed by atoms with Crippen molar-refractivity contribution < 1.29 is 4.92 Å². The Kier molecular flexibility index (Phi) is 2.89. The highest BCUT2D eigenvalue weighted by Crippen LogP contribution is 2.12. The number of hydrogen-bond acceptors (Lipinski definition) is 2. The molecule has 5 heteroatoms. The first-order valence-corrected chi connectivity index (χ1v) is 2.50. The lowest BCUT2D eigenvalue weighted by Crippen LogP contribution is -1.88. The molecule has 1 N–H and O–H groups in total. The van der Waals surface area contributed by atoms with Crippen LogP contribution in [-0.4, -0.2) is 9.91 Å². The van der Waals surface area contributed by atoms with Gasteiger partial charge in [-0.15, -0.1) is 12.4 Å². The number of aryl methyl sites for hydroxylation is 1. The topological polar surface area (TPSA) is 58.9 Å². The largest absolute Gasteiger partial charge is 0.358 e. The maximum absolute atomic E-state index is 10.1. The molecule has 0 saturated heterocycles. The summed E-state index contributed by atoms with van der Waals surface area (Å²) in [7, 11) is 0. The second-order valence-corrected chi connectivity index (χ2v) is 1.77. The Bertz CT molecular complexity index is 233. The van der Waals surface area contributed by atoms with E-state index >= 15 is 0 Å². The van der Waals surface area contributed by atoms with Crippen LogP contribution < -0.4 is 0 Å². The second kappa shape index (κ2) is 3.22. The molecule has 0 atom stereocenters. The van der Waals surface area contributed by atoms with Gasteiger partial charge < -0.3 is 10.1 Å². The third-order valence-corrected chi connectivity index (χ3v) is 1.11. The fraction of sp³-hybridized carbons (Fsp3) is 0.200. The Balaban J connectivity index is 0.000000810. The van der Waals surface area contributed by atoms with Crippen molar-refractivity contribution in [2.45, 2.75) is 6.92 Å². The van der Waals surface area contributed by atoms with Crippen molar-refractivity contribution in [1.29, 1.82) is 0 Å². The number of nitrogens with one attached hydrogen (secondary N) is 1. The fourth-order valence-corrected chi connectivity index (χ4v) is 0.635. The summed E-state index contributed by atoms with van der Waals surface area (Å²) in [5, 5.41) is 10.1. The van der Waals surface area contributed by atoms with Gasteiger partial charge in [-0.3, -0.25) is 0 Å². The van der Waals surface area contributed by atoms with E-state index in [4.69, 9.17) is 0 Å². The molecule has 0 aliphatic carbocycles. The van der Waals surface area contributed by atoms with Crippen LogP contribution >= 0.6 is 12.4 Å². The summed E-state index contributed by atoms with van der Waals surface area (Å²) >= 11 is 0. The molecule has 0 radical (unpaired) electrons. The molecule has 4 nitrogen and oxygen atoms in total. The van der Waals surface area contributed by atoms with Gasteiger partial charge >= 0.3 is 5.82 Å². The van der Waals surface area contributed by atoms with Crippen LogP contribution in [0.15, 0.2) is 12.3 Å². The first-order chi connectivity index (χ1) is 4.22. The summed E-state index contributed by atoms with van der Waals surface area (Å²) in [6.07, 6.45) is 1.55. The highest BCUT2D eigenvalue weighted by molar-refractivity contribution is 5.85. The third kappa shape index (κ3) is 1.48. The van der Waals surface area contributed by atoms with Gasteiger partial charge in [0, 0.05) is 5.56 Å². The normalized spacial score (nSPS) is 8.50. The molecule has 0 amide bonds. The van der Waals surface area contributed by atoms with Gasteiger partial charge in [0.25, 0.3) is 0 Å². The van der Waals surface area contributed by atoms with Gasteiger partial charge in [-0.2, -0.15) is 0 Å².